The van der Waals surface area contributed by atoms with Gasteiger partial charge in [-0.3, -0.25) is 0 Å². The average Bonchev–Trinajstić information content (AvgIpc) is 2.85. The largest absolute Gasteiger partial charge is 0.336 e. The number of hydrogen-bond acceptors (Lipinski definition) is 3. The van der Waals surface area contributed by atoms with E-state index in [4.69, 9.17) is 0 Å². The van der Waals surface area contributed by atoms with Crippen LogP contribution in [0.5, 0.6) is 0 Å². The maximum absolute atomic E-state index is 4.00. The zero-order valence-electron chi connectivity index (χ0n) is 8.81. The van der Waals surface area contributed by atoms with Gasteiger partial charge in [-0.15, -0.1) is 11.3 Å². The van der Waals surface area contributed by atoms with Crippen molar-refractivity contribution in [3.8, 4) is 0 Å². The van der Waals surface area contributed by atoms with Gasteiger partial charge < -0.3 is 9.88 Å². The number of aromatic nitrogens is 2. The van der Waals surface area contributed by atoms with Crippen molar-refractivity contribution in [3.63, 3.8) is 0 Å². The lowest BCUT2D eigenvalue weighted by Crippen LogP contribution is -2.18. The maximum atomic E-state index is 4.00. The molecule has 2 rings (SSSR count). The molecule has 2 heterocycles. The van der Waals surface area contributed by atoms with Crippen LogP contribution in [-0.4, -0.2) is 16.1 Å². The Kier molecular flexibility index (Phi) is 3.53. The third kappa shape index (κ3) is 2.91. The van der Waals surface area contributed by atoms with Crippen LogP contribution in [-0.2, 0) is 13.1 Å². The van der Waals surface area contributed by atoms with E-state index >= 15 is 0 Å². The molecule has 1 N–H and O–H groups in total. The summed E-state index contributed by atoms with van der Waals surface area (Å²) in [4.78, 5) is 5.43. The first-order valence-corrected chi connectivity index (χ1v) is 5.93. The topological polar surface area (TPSA) is 29.9 Å². The first kappa shape index (κ1) is 10.4. The Balaban J connectivity index is 1.70. The Hall–Kier alpha value is -1.13. The fourth-order valence-electron chi connectivity index (χ4n) is 1.41. The van der Waals surface area contributed by atoms with E-state index in [1.54, 1.807) is 0 Å². The van der Waals surface area contributed by atoms with Crippen LogP contribution in [0, 0.1) is 6.92 Å². The van der Waals surface area contributed by atoms with Crippen LogP contribution in [0.25, 0.3) is 0 Å². The molecule has 0 bridgehead atoms. The summed E-state index contributed by atoms with van der Waals surface area (Å²) < 4.78 is 2.08. The summed E-state index contributed by atoms with van der Waals surface area (Å²) in [5.74, 6) is 0. The van der Waals surface area contributed by atoms with Crippen molar-refractivity contribution >= 4 is 11.3 Å². The molecule has 0 atom stereocenters. The second-order valence-electron chi connectivity index (χ2n) is 3.50. The maximum Gasteiger partial charge on any atom is 0.0946 e. The molecule has 0 radical (unpaired) electrons. The third-order valence-corrected chi connectivity index (χ3v) is 3.38. The number of hydrogen-bond donors (Lipinski definition) is 1. The molecule has 2 aromatic rings. The average molecular weight is 221 g/mol. The molecule has 0 unspecified atom stereocenters. The molecular formula is C11H15N3S. The number of nitrogens with one attached hydrogen (secondary N) is 1. The summed E-state index contributed by atoms with van der Waals surface area (Å²) in [5, 5.41) is 5.57. The molecule has 0 aliphatic carbocycles. The van der Waals surface area contributed by atoms with Gasteiger partial charge in [0.05, 0.1) is 6.33 Å². The Bertz CT molecular complexity index is 392. The van der Waals surface area contributed by atoms with Gasteiger partial charge in [-0.2, -0.15) is 0 Å². The highest BCUT2D eigenvalue weighted by Crippen LogP contribution is 2.14. The van der Waals surface area contributed by atoms with Crippen molar-refractivity contribution in [2.24, 2.45) is 0 Å². The van der Waals surface area contributed by atoms with Gasteiger partial charge in [0.2, 0.25) is 0 Å². The monoisotopic (exact) mass is 221 g/mol. The first-order valence-electron chi connectivity index (χ1n) is 5.05. The van der Waals surface area contributed by atoms with E-state index in [-0.39, 0.29) is 0 Å². The van der Waals surface area contributed by atoms with Crippen LogP contribution >= 0.6 is 11.3 Å². The van der Waals surface area contributed by atoms with Crippen molar-refractivity contribution in [1.82, 2.24) is 14.9 Å². The highest BCUT2D eigenvalue weighted by molar-refractivity contribution is 7.10. The molecule has 0 saturated carbocycles. The van der Waals surface area contributed by atoms with E-state index in [2.05, 4.69) is 33.2 Å². The summed E-state index contributed by atoms with van der Waals surface area (Å²) in [5.41, 5.74) is 1.38. The minimum atomic E-state index is 0.970. The van der Waals surface area contributed by atoms with E-state index in [1.165, 1.54) is 10.4 Å². The van der Waals surface area contributed by atoms with Crippen molar-refractivity contribution in [2.75, 3.05) is 6.54 Å². The van der Waals surface area contributed by atoms with Crippen molar-refractivity contribution in [3.05, 3.63) is 40.6 Å². The number of nitrogens with zero attached hydrogens (tertiary/aromatic N) is 2. The van der Waals surface area contributed by atoms with E-state index in [1.807, 2.05) is 30.1 Å². The minimum absolute atomic E-state index is 0.970. The summed E-state index contributed by atoms with van der Waals surface area (Å²) in [6.07, 6.45) is 5.64. The van der Waals surface area contributed by atoms with E-state index in [0.29, 0.717) is 0 Å². The fraction of sp³-hybridized carbons (Fsp3) is 0.364. The van der Waals surface area contributed by atoms with Crippen LogP contribution < -0.4 is 5.32 Å². The number of thiophene rings is 1. The molecule has 0 spiro atoms. The molecule has 0 aliphatic rings. The number of imidazole rings is 1. The highest BCUT2D eigenvalue weighted by atomic mass is 32.1. The van der Waals surface area contributed by atoms with Gasteiger partial charge in [-0.1, -0.05) is 0 Å². The summed E-state index contributed by atoms with van der Waals surface area (Å²) >= 11 is 1.82. The molecule has 0 aromatic carbocycles. The first-order chi connectivity index (χ1) is 7.36. The van der Waals surface area contributed by atoms with Crippen LogP contribution in [0.1, 0.15) is 10.4 Å². The second kappa shape index (κ2) is 5.09. The van der Waals surface area contributed by atoms with Gasteiger partial charge in [0, 0.05) is 36.9 Å². The van der Waals surface area contributed by atoms with Gasteiger partial charge >= 0.3 is 0 Å². The lowest BCUT2D eigenvalue weighted by atomic mass is 10.3. The zero-order valence-corrected chi connectivity index (χ0v) is 9.63. The smallest absolute Gasteiger partial charge is 0.0946 e. The summed E-state index contributed by atoms with van der Waals surface area (Å²) in [6.45, 7) is 5.08. The van der Waals surface area contributed by atoms with E-state index in [0.717, 1.165) is 19.6 Å². The Morgan fingerprint density at radius 1 is 1.53 bits per heavy atom. The molecule has 0 aliphatic heterocycles. The minimum Gasteiger partial charge on any atom is -0.336 e. The molecular weight excluding hydrogens is 206 g/mol. The van der Waals surface area contributed by atoms with Gasteiger partial charge in [0.1, 0.15) is 0 Å². The fourth-order valence-corrected chi connectivity index (χ4v) is 2.29. The molecule has 0 saturated heterocycles. The van der Waals surface area contributed by atoms with Crippen LogP contribution in [0.15, 0.2) is 30.2 Å². The summed E-state index contributed by atoms with van der Waals surface area (Å²) in [7, 11) is 0. The van der Waals surface area contributed by atoms with E-state index < -0.39 is 0 Å². The summed E-state index contributed by atoms with van der Waals surface area (Å²) in [6, 6.07) is 2.16. The Labute approximate surface area is 93.8 Å². The van der Waals surface area contributed by atoms with Crippen molar-refractivity contribution in [1.29, 1.82) is 0 Å². The predicted octanol–water partition coefficient (Wildman–Crippen LogP) is 2.04. The Morgan fingerprint density at radius 3 is 3.13 bits per heavy atom. The van der Waals surface area contributed by atoms with Crippen molar-refractivity contribution in [2.45, 2.75) is 20.0 Å². The highest BCUT2D eigenvalue weighted by Gasteiger charge is 1.98. The van der Waals surface area contributed by atoms with Gasteiger partial charge in [-0.05, 0) is 23.9 Å². The van der Waals surface area contributed by atoms with Crippen LogP contribution in [0.2, 0.25) is 0 Å². The SMILES string of the molecule is Cc1ccsc1CNCCn1ccnc1. The van der Waals surface area contributed by atoms with Gasteiger partial charge in [0.15, 0.2) is 0 Å². The lowest BCUT2D eigenvalue weighted by molar-refractivity contribution is 0.599. The normalized spacial score (nSPS) is 10.7. The molecule has 0 amide bonds. The standard InChI is InChI=1S/C11H15N3S/c1-10-2-7-15-11(10)8-12-3-5-14-6-4-13-9-14/h2,4,6-7,9,12H,3,5,8H2,1H3. The number of rotatable bonds is 5. The molecule has 15 heavy (non-hydrogen) atoms. The Morgan fingerprint density at radius 2 is 2.47 bits per heavy atom. The van der Waals surface area contributed by atoms with Gasteiger partial charge in [0.25, 0.3) is 0 Å². The van der Waals surface area contributed by atoms with Gasteiger partial charge in [-0.25, -0.2) is 4.98 Å². The zero-order chi connectivity index (χ0) is 10.5. The lowest BCUT2D eigenvalue weighted by Gasteiger charge is -2.04. The molecule has 2 aromatic heterocycles. The quantitative estimate of drug-likeness (QED) is 0.783. The third-order valence-electron chi connectivity index (χ3n) is 2.36. The van der Waals surface area contributed by atoms with Crippen LogP contribution in [0.4, 0.5) is 0 Å². The second-order valence-corrected chi connectivity index (χ2v) is 4.50. The van der Waals surface area contributed by atoms with Crippen molar-refractivity contribution < 1.29 is 0 Å². The van der Waals surface area contributed by atoms with E-state index in [9.17, 15) is 0 Å². The molecule has 3 nitrogen and oxygen atoms in total. The molecule has 80 valence electrons. The number of aryl methyl sites for hydroxylation is 1. The molecule has 0 fully saturated rings. The predicted molar refractivity (Wildman–Crippen MR) is 63.0 cm³/mol. The molecule has 4 heteroatoms. The van der Waals surface area contributed by atoms with Crippen LogP contribution in [0.3, 0.4) is 0 Å².